The van der Waals surface area contributed by atoms with E-state index in [9.17, 15) is 9.59 Å². The highest BCUT2D eigenvalue weighted by molar-refractivity contribution is 6.34. The molecule has 0 unspecified atom stereocenters. The average Bonchev–Trinajstić information content (AvgIpc) is 2.51. The van der Waals surface area contributed by atoms with Crippen LogP contribution in [0.25, 0.3) is 0 Å². The van der Waals surface area contributed by atoms with Crippen molar-refractivity contribution in [1.82, 2.24) is 5.32 Å². The number of primary amides is 1. The molecule has 1 fully saturated rings. The van der Waals surface area contributed by atoms with Gasteiger partial charge in [0.2, 0.25) is 0 Å². The van der Waals surface area contributed by atoms with Crippen LogP contribution in [0.15, 0.2) is 0 Å². The molecule has 0 aromatic rings. The van der Waals surface area contributed by atoms with Gasteiger partial charge in [-0.3, -0.25) is 9.59 Å². The van der Waals surface area contributed by atoms with Crippen molar-refractivity contribution in [3.05, 3.63) is 0 Å². The number of rotatable bonds is 2. The molecule has 0 aliphatic carbocycles. The van der Waals surface area contributed by atoms with Crippen molar-refractivity contribution >= 4 is 11.8 Å². The van der Waals surface area contributed by atoms with Gasteiger partial charge in [0, 0.05) is 13.2 Å². The van der Waals surface area contributed by atoms with E-state index in [0.717, 1.165) is 19.4 Å². The van der Waals surface area contributed by atoms with Crippen LogP contribution in [0, 0.1) is 0 Å². The van der Waals surface area contributed by atoms with Gasteiger partial charge in [0.1, 0.15) is 0 Å². The van der Waals surface area contributed by atoms with E-state index in [2.05, 4.69) is 5.32 Å². The van der Waals surface area contributed by atoms with Gasteiger partial charge in [-0.1, -0.05) is 0 Å². The van der Waals surface area contributed by atoms with Crippen molar-refractivity contribution in [1.29, 1.82) is 0 Å². The summed E-state index contributed by atoms with van der Waals surface area (Å²) in [5.74, 6) is -1.70. The molecule has 0 saturated carbocycles. The molecule has 1 saturated heterocycles. The van der Waals surface area contributed by atoms with E-state index >= 15 is 0 Å². The van der Waals surface area contributed by atoms with Gasteiger partial charge in [-0.25, -0.2) is 0 Å². The minimum Gasteiger partial charge on any atom is -0.376 e. The van der Waals surface area contributed by atoms with Crippen molar-refractivity contribution in [2.24, 2.45) is 5.73 Å². The third-order valence-corrected chi connectivity index (χ3v) is 1.74. The second-order valence-corrected chi connectivity index (χ2v) is 2.71. The number of hydrogen-bond acceptors (Lipinski definition) is 3. The molecule has 5 nitrogen and oxygen atoms in total. The molecule has 0 bridgehead atoms. The van der Waals surface area contributed by atoms with Gasteiger partial charge < -0.3 is 15.8 Å². The Morgan fingerprint density at radius 2 is 2.33 bits per heavy atom. The lowest BCUT2D eigenvalue weighted by molar-refractivity contribution is -0.137. The molecule has 1 aliphatic heterocycles. The third kappa shape index (κ3) is 2.50. The smallest absolute Gasteiger partial charge is 0.309 e. The lowest BCUT2D eigenvalue weighted by Gasteiger charge is -2.08. The Morgan fingerprint density at radius 1 is 1.58 bits per heavy atom. The quantitative estimate of drug-likeness (QED) is 0.511. The van der Waals surface area contributed by atoms with Crippen LogP contribution < -0.4 is 11.1 Å². The normalized spacial score (nSPS) is 22.2. The van der Waals surface area contributed by atoms with Gasteiger partial charge in [0.15, 0.2) is 0 Å². The zero-order valence-electron chi connectivity index (χ0n) is 6.71. The number of ether oxygens (including phenoxy) is 1. The van der Waals surface area contributed by atoms with Crippen molar-refractivity contribution in [2.75, 3.05) is 13.2 Å². The molecule has 68 valence electrons. The van der Waals surface area contributed by atoms with Gasteiger partial charge >= 0.3 is 11.8 Å². The largest absolute Gasteiger partial charge is 0.376 e. The Hall–Kier alpha value is -1.10. The van der Waals surface area contributed by atoms with Crippen molar-refractivity contribution in [3.8, 4) is 0 Å². The van der Waals surface area contributed by atoms with E-state index in [4.69, 9.17) is 10.5 Å². The number of nitrogens with two attached hydrogens (primary N) is 1. The van der Waals surface area contributed by atoms with Crippen LogP contribution in [0.2, 0.25) is 0 Å². The summed E-state index contributed by atoms with van der Waals surface area (Å²) < 4.78 is 5.22. The van der Waals surface area contributed by atoms with Crippen LogP contribution in [0.1, 0.15) is 12.8 Å². The topological polar surface area (TPSA) is 81.4 Å². The SMILES string of the molecule is NC(=O)C(=O)NC[C@@H]1CCCO1. The first-order valence-corrected chi connectivity index (χ1v) is 3.89. The molecule has 0 radical (unpaired) electrons. The average molecular weight is 172 g/mol. The molecule has 3 N–H and O–H groups in total. The maximum absolute atomic E-state index is 10.7. The fraction of sp³-hybridized carbons (Fsp3) is 0.714. The molecular weight excluding hydrogens is 160 g/mol. The lowest BCUT2D eigenvalue weighted by atomic mass is 10.2. The molecule has 0 aromatic heterocycles. The van der Waals surface area contributed by atoms with Crippen LogP contribution in [-0.2, 0) is 14.3 Å². The molecule has 2 amide bonds. The monoisotopic (exact) mass is 172 g/mol. The van der Waals surface area contributed by atoms with E-state index in [1.54, 1.807) is 0 Å². The number of carbonyl (C=O) groups is 2. The Kier molecular flexibility index (Phi) is 3.04. The third-order valence-electron chi connectivity index (χ3n) is 1.74. The Morgan fingerprint density at radius 3 is 2.83 bits per heavy atom. The minimum atomic E-state index is -0.951. The zero-order chi connectivity index (χ0) is 8.97. The molecule has 1 rings (SSSR count). The van der Waals surface area contributed by atoms with Crippen molar-refractivity contribution in [2.45, 2.75) is 18.9 Å². The van der Waals surface area contributed by atoms with E-state index in [1.165, 1.54) is 0 Å². The maximum atomic E-state index is 10.7. The van der Waals surface area contributed by atoms with Gasteiger partial charge in [-0.15, -0.1) is 0 Å². The van der Waals surface area contributed by atoms with Crippen LogP contribution in [0.5, 0.6) is 0 Å². The van der Waals surface area contributed by atoms with Crippen LogP contribution in [-0.4, -0.2) is 31.1 Å². The van der Waals surface area contributed by atoms with Gasteiger partial charge in [-0.05, 0) is 12.8 Å². The Balaban J connectivity index is 2.16. The second kappa shape index (κ2) is 4.06. The fourth-order valence-corrected chi connectivity index (χ4v) is 1.10. The fourth-order valence-electron chi connectivity index (χ4n) is 1.10. The summed E-state index contributed by atoms with van der Waals surface area (Å²) >= 11 is 0. The highest BCUT2D eigenvalue weighted by Crippen LogP contribution is 2.10. The summed E-state index contributed by atoms with van der Waals surface area (Å²) in [4.78, 5) is 20.9. The highest BCUT2D eigenvalue weighted by Gasteiger charge is 2.17. The van der Waals surface area contributed by atoms with E-state index in [-0.39, 0.29) is 6.10 Å². The highest BCUT2D eigenvalue weighted by atomic mass is 16.5. The zero-order valence-corrected chi connectivity index (χ0v) is 6.71. The van der Waals surface area contributed by atoms with E-state index < -0.39 is 11.8 Å². The number of nitrogens with one attached hydrogen (secondary N) is 1. The van der Waals surface area contributed by atoms with Gasteiger partial charge in [-0.2, -0.15) is 0 Å². The summed E-state index contributed by atoms with van der Waals surface area (Å²) in [7, 11) is 0. The number of amides is 2. The molecule has 12 heavy (non-hydrogen) atoms. The van der Waals surface area contributed by atoms with E-state index in [0.29, 0.717) is 6.54 Å². The van der Waals surface area contributed by atoms with Crippen LogP contribution in [0.4, 0.5) is 0 Å². The molecule has 5 heteroatoms. The lowest BCUT2D eigenvalue weighted by Crippen LogP contribution is -2.39. The van der Waals surface area contributed by atoms with Crippen molar-refractivity contribution in [3.63, 3.8) is 0 Å². The molecule has 0 spiro atoms. The van der Waals surface area contributed by atoms with Gasteiger partial charge in [0.05, 0.1) is 6.10 Å². The summed E-state index contributed by atoms with van der Waals surface area (Å²) in [6, 6.07) is 0. The predicted octanol–water partition coefficient (Wildman–Crippen LogP) is -1.23. The summed E-state index contributed by atoms with van der Waals surface area (Å²) in [6.45, 7) is 1.11. The predicted molar refractivity (Wildman–Crippen MR) is 41.2 cm³/mol. The Labute approximate surface area is 70.2 Å². The Bertz CT molecular complexity index is 187. The van der Waals surface area contributed by atoms with Gasteiger partial charge in [0.25, 0.3) is 0 Å². The first-order chi connectivity index (χ1) is 5.70. The second-order valence-electron chi connectivity index (χ2n) is 2.71. The van der Waals surface area contributed by atoms with E-state index in [1.807, 2.05) is 0 Å². The first kappa shape index (κ1) is 8.99. The first-order valence-electron chi connectivity index (χ1n) is 3.89. The summed E-state index contributed by atoms with van der Waals surface area (Å²) in [5, 5.41) is 2.39. The van der Waals surface area contributed by atoms with Crippen LogP contribution in [0.3, 0.4) is 0 Å². The summed E-state index contributed by atoms with van der Waals surface area (Å²) in [6.07, 6.45) is 1.99. The summed E-state index contributed by atoms with van der Waals surface area (Å²) in [5.41, 5.74) is 4.73. The minimum absolute atomic E-state index is 0.0494. The number of carbonyl (C=O) groups excluding carboxylic acids is 2. The molecule has 1 atom stereocenters. The maximum Gasteiger partial charge on any atom is 0.309 e. The molecule has 1 heterocycles. The number of hydrogen-bond donors (Lipinski definition) is 2. The molecule has 0 aromatic carbocycles. The molecular formula is C7H12N2O3. The van der Waals surface area contributed by atoms with Crippen molar-refractivity contribution < 1.29 is 14.3 Å². The van der Waals surface area contributed by atoms with Crippen LogP contribution >= 0.6 is 0 Å². The molecule has 1 aliphatic rings. The standard InChI is InChI=1S/C7H12N2O3/c8-6(10)7(11)9-4-5-2-1-3-12-5/h5H,1-4H2,(H2,8,10)(H,9,11)/t5-/m0/s1.